The van der Waals surface area contributed by atoms with Crippen molar-refractivity contribution in [3.63, 3.8) is 0 Å². The fourth-order valence-electron chi connectivity index (χ4n) is 1.94. The first-order chi connectivity index (χ1) is 9.79. The summed E-state index contributed by atoms with van der Waals surface area (Å²) in [6.07, 6.45) is 2.75. The maximum absolute atomic E-state index is 5.49. The molecule has 0 aliphatic carbocycles. The van der Waals surface area contributed by atoms with Crippen LogP contribution in [-0.2, 0) is 13.1 Å². The third-order valence-electron chi connectivity index (χ3n) is 2.96. The van der Waals surface area contributed by atoms with Gasteiger partial charge in [-0.05, 0) is 36.3 Å². The molecule has 0 spiro atoms. The fraction of sp³-hybridized carbons (Fsp3) is 0.312. The molecule has 106 valence electrons. The van der Waals surface area contributed by atoms with E-state index in [1.165, 1.54) is 5.56 Å². The van der Waals surface area contributed by atoms with Crippen LogP contribution in [0.4, 0.5) is 0 Å². The summed E-state index contributed by atoms with van der Waals surface area (Å²) in [6, 6.07) is 14.2. The Morgan fingerprint density at radius 2 is 1.95 bits per heavy atom. The minimum absolute atomic E-state index is 0.678. The summed E-state index contributed by atoms with van der Waals surface area (Å²) in [5.41, 5.74) is 1.24. The molecule has 1 aromatic heterocycles. The Balaban J connectivity index is 2.05. The van der Waals surface area contributed by atoms with E-state index >= 15 is 0 Å². The van der Waals surface area contributed by atoms with Gasteiger partial charge in [0.1, 0.15) is 5.76 Å². The second-order valence-electron chi connectivity index (χ2n) is 4.65. The van der Waals surface area contributed by atoms with Crippen LogP contribution >= 0.6 is 12.2 Å². The third-order valence-corrected chi connectivity index (χ3v) is 3.36. The molecule has 0 bridgehead atoms. The first-order valence-corrected chi connectivity index (χ1v) is 7.29. The number of nitrogens with zero attached hydrogens (tertiary/aromatic N) is 1. The fourth-order valence-corrected chi connectivity index (χ4v) is 2.17. The van der Waals surface area contributed by atoms with Crippen LogP contribution in [0.25, 0.3) is 0 Å². The molecule has 1 aromatic carbocycles. The highest BCUT2D eigenvalue weighted by molar-refractivity contribution is 7.80. The Kier molecular flexibility index (Phi) is 5.62. The van der Waals surface area contributed by atoms with Crippen LogP contribution in [0.1, 0.15) is 24.7 Å². The van der Waals surface area contributed by atoms with Crippen molar-refractivity contribution in [2.45, 2.75) is 26.4 Å². The zero-order valence-electron chi connectivity index (χ0n) is 11.7. The summed E-state index contributed by atoms with van der Waals surface area (Å²) in [6.45, 7) is 4.47. The van der Waals surface area contributed by atoms with Gasteiger partial charge >= 0.3 is 0 Å². The number of hydrogen-bond donors (Lipinski definition) is 1. The third kappa shape index (κ3) is 4.38. The lowest BCUT2D eigenvalue weighted by molar-refractivity contribution is 0.351. The van der Waals surface area contributed by atoms with Crippen LogP contribution in [0.5, 0.6) is 0 Å². The van der Waals surface area contributed by atoms with E-state index in [2.05, 4.69) is 29.3 Å². The molecule has 0 atom stereocenters. The largest absolute Gasteiger partial charge is 0.467 e. The van der Waals surface area contributed by atoms with E-state index in [0.717, 1.165) is 30.4 Å². The number of furan rings is 1. The highest BCUT2D eigenvalue weighted by atomic mass is 32.1. The van der Waals surface area contributed by atoms with Gasteiger partial charge in [-0.1, -0.05) is 37.3 Å². The molecule has 0 fully saturated rings. The number of nitrogens with one attached hydrogen (secondary N) is 1. The van der Waals surface area contributed by atoms with Crippen molar-refractivity contribution in [3.8, 4) is 0 Å². The Bertz CT molecular complexity index is 511. The van der Waals surface area contributed by atoms with Gasteiger partial charge in [0.25, 0.3) is 0 Å². The molecular weight excluding hydrogens is 268 g/mol. The van der Waals surface area contributed by atoms with Crippen LogP contribution in [0.2, 0.25) is 0 Å². The Morgan fingerprint density at radius 3 is 2.60 bits per heavy atom. The summed E-state index contributed by atoms with van der Waals surface area (Å²) >= 11 is 5.49. The van der Waals surface area contributed by atoms with Gasteiger partial charge in [-0.15, -0.1) is 0 Å². The lowest BCUT2D eigenvalue weighted by atomic mass is 10.2. The smallest absolute Gasteiger partial charge is 0.169 e. The molecule has 2 rings (SSSR count). The average molecular weight is 288 g/mol. The molecule has 1 N–H and O–H groups in total. The predicted molar refractivity (Wildman–Crippen MR) is 85.3 cm³/mol. The molecule has 3 nitrogen and oxygen atoms in total. The molecule has 0 aliphatic rings. The van der Waals surface area contributed by atoms with Crippen LogP contribution in [-0.4, -0.2) is 16.6 Å². The summed E-state index contributed by atoms with van der Waals surface area (Å²) in [5.74, 6) is 0.918. The highest BCUT2D eigenvalue weighted by Gasteiger charge is 2.12. The van der Waals surface area contributed by atoms with Gasteiger partial charge in [-0.3, -0.25) is 0 Å². The average Bonchev–Trinajstić information content (AvgIpc) is 2.98. The maximum Gasteiger partial charge on any atom is 0.169 e. The highest BCUT2D eigenvalue weighted by Crippen LogP contribution is 2.11. The van der Waals surface area contributed by atoms with Gasteiger partial charge < -0.3 is 14.6 Å². The standard InChI is InChI=1S/C16H20N2OS/c1-2-10-17-16(20)18(13-15-9-6-11-19-15)12-14-7-4-3-5-8-14/h3-9,11H,2,10,12-13H2,1H3,(H,17,20). The Morgan fingerprint density at radius 1 is 1.15 bits per heavy atom. The SMILES string of the molecule is CCCNC(=S)N(Cc1ccccc1)Cc1ccco1. The van der Waals surface area contributed by atoms with E-state index in [1.54, 1.807) is 6.26 Å². The van der Waals surface area contributed by atoms with E-state index in [-0.39, 0.29) is 0 Å². The summed E-state index contributed by atoms with van der Waals surface area (Å²) in [5, 5.41) is 4.05. The lowest BCUT2D eigenvalue weighted by Gasteiger charge is -2.25. The van der Waals surface area contributed by atoms with E-state index in [4.69, 9.17) is 16.6 Å². The summed E-state index contributed by atoms with van der Waals surface area (Å²) in [7, 11) is 0. The second-order valence-corrected chi connectivity index (χ2v) is 5.04. The van der Waals surface area contributed by atoms with Crippen LogP contribution < -0.4 is 5.32 Å². The van der Waals surface area contributed by atoms with Crippen LogP contribution in [0.15, 0.2) is 53.1 Å². The monoisotopic (exact) mass is 288 g/mol. The van der Waals surface area contributed by atoms with Gasteiger partial charge in [0.2, 0.25) is 0 Å². The molecule has 1 heterocycles. The molecule has 20 heavy (non-hydrogen) atoms. The molecular formula is C16H20N2OS. The first-order valence-electron chi connectivity index (χ1n) is 6.88. The zero-order valence-corrected chi connectivity index (χ0v) is 12.5. The van der Waals surface area contributed by atoms with Gasteiger partial charge in [0.15, 0.2) is 5.11 Å². The lowest BCUT2D eigenvalue weighted by Crippen LogP contribution is -2.39. The van der Waals surface area contributed by atoms with E-state index in [9.17, 15) is 0 Å². The second kappa shape index (κ2) is 7.70. The van der Waals surface area contributed by atoms with Crippen molar-refractivity contribution >= 4 is 17.3 Å². The van der Waals surface area contributed by atoms with E-state index < -0.39 is 0 Å². The van der Waals surface area contributed by atoms with E-state index in [0.29, 0.717) is 6.54 Å². The van der Waals surface area contributed by atoms with Crippen molar-refractivity contribution < 1.29 is 4.42 Å². The normalized spacial score (nSPS) is 10.2. The maximum atomic E-state index is 5.49. The molecule has 2 aromatic rings. The van der Waals surface area contributed by atoms with E-state index in [1.807, 2.05) is 30.3 Å². The van der Waals surface area contributed by atoms with Gasteiger partial charge in [0.05, 0.1) is 12.8 Å². The zero-order chi connectivity index (χ0) is 14.2. The number of rotatable bonds is 6. The number of hydrogen-bond acceptors (Lipinski definition) is 2. The Hall–Kier alpha value is -1.81. The molecule has 0 amide bonds. The van der Waals surface area contributed by atoms with Crippen molar-refractivity contribution in [2.75, 3.05) is 6.54 Å². The number of benzene rings is 1. The molecule has 4 heteroatoms. The van der Waals surface area contributed by atoms with Gasteiger partial charge in [-0.2, -0.15) is 0 Å². The van der Waals surface area contributed by atoms with Crippen LogP contribution in [0, 0.1) is 0 Å². The van der Waals surface area contributed by atoms with Crippen molar-refractivity contribution in [3.05, 3.63) is 60.1 Å². The summed E-state index contributed by atoms with van der Waals surface area (Å²) < 4.78 is 5.43. The van der Waals surface area contributed by atoms with Crippen molar-refractivity contribution in [1.29, 1.82) is 0 Å². The first kappa shape index (κ1) is 14.6. The minimum Gasteiger partial charge on any atom is -0.467 e. The van der Waals surface area contributed by atoms with Crippen LogP contribution in [0.3, 0.4) is 0 Å². The van der Waals surface area contributed by atoms with Crippen molar-refractivity contribution in [1.82, 2.24) is 10.2 Å². The molecule has 0 unspecified atom stereocenters. The number of thiocarbonyl (C=S) groups is 1. The molecule has 0 aliphatic heterocycles. The van der Waals surface area contributed by atoms with Gasteiger partial charge in [-0.25, -0.2) is 0 Å². The molecule has 0 saturated carbocycles. The Labute approximate surface area is 125 Å². The summed E-state index contributed by atoms with van der Waals surface area (Å²) in [4.78, 5) is 2.12. The molecule has 0 saturated heterocycles. The van der Waals surface area contributed by atoms with Crippen molar-refractivity contribution in [2.24, 2.45) is 0 Å². The molecule has 0 radical (unpaired) electrons. The predicted octanol–water partition coefficient (Wildman–Crippen LogP) is 3.57. The quantitative estimate of drug-likeness (QED) is 0.823. The van der Waals surface area contributed by atoms with Gasteiger partial charge in [0, 0.05) is 13.1 Å². The minimum atomic E-state index is 0.678. The topological polar surface area (TPSA) is 28.4 Å².